The van der Waals surface area contributed by atoms with E-state index in [1.807, 2.05) is 60.7 Å². The van der Waals surface area contributed by atoms with Crippen LogP contribution >= 0.6 is 0 Å². The van der Waals surface area contributed by atoms with Crippen LogP contribution in [-0.4, -0.2) is 83.4 Å². The molecule has 0 radical (unpaired) electrons. The molecule has 5 rings (SSSR count). The normalized spacial score (nSPS) is 29.9. The third-order valence-corrected chi connectivity index (χ3v) is 9.31. The van der Waals surface area contributed by atoms with Crippen molar-refractivity contribution in [2.75, 3.05) is 6.54 Å². The summed E-state index contributed by atoms with van der Waals surface area (Å²) in [6.07, 6.45) is -4.65. The first-order chi connectivity index (χ1) is 26.9. The highest BCUT2D eigenvalue weighted by molar-refractivity contribution is 5.20. The van der Waals surface area contributed by atoms with Crippen molar-refractivity contribution in [1.29, 1.82) is 0 Å². The smallest absolute Gasteiger partial charge is 0.169 e. The number of terminal acetylenes is 1. The van der Waals surface area contributed by atoms with Crippen molar-refractivity contribution in [3.63, 3.8) is 0 Å². The molecule has 19 nitrogen and oxygen atoms in total. The SMILES string of the molecule is C#CC[C@]1(O)[C@H](O[C@@H]2O[C@H](CN=[N+]=[N-])[C@@H](OCc3ccccc3)[C@H](OCc3ccccc3)[C@H]2N=[N+]=[N-])[C@@H](N=[N+]=[N-])[C@H](O)[C@@H](N=[N+]=[N-])[C@@H]1OCc1ccccc1. The van der Waals surface area contributed by atoms with E-state index in [0.29, 0.717) is 5.56 Å². The van der Waals surface area contributed by atoms with Gasteiger partial charge in [-0.2, -0.15) is 0 Å². The molecule has 1 saturated heterocycles. The van der Waals surface area contributed by atoms with Crippen LogP contribution in [0.1, 0.15) is 23.1 Å². The van der Waals surface area contributed by atoms with Crippen molar-refractivity contribution in [1.82, 2.24) is 0 Å². The van der Waals surface area contributed by atoms with Gasteiger partial charge in [-0.1, -0.05) is 111 Å². The summed E-state index contributed by atoms with van der Waals surface area (Å²) in [5.74, 6) is 2.39. The van der Waals surface area contributed by atoms with Crippen LogP contribution in [0.15, 0.2) is 111 Å². The molecular formula is C36H38N12O7. The van der Waals surface area contributed by atoms with Crippen molar-refractivity contribution < 1.29 is 33.9 Å². The highest BCUT2D eigenvalue weighted by Crippen LogP contribution is 2.42. The van der Waals surface area contributed by atoms with Crippen molar-refractivity contribution in [3.8, 4) is 12.3 Å². The Hall–Kier alpha value is -5.82. The summed E-state index contributed by atoms with van der Waals surface area (Å²) in [4.78, 5) is 11.7. The van der Waals surface area contributed by atoms with E-state index in [2.05, 4.69) is 46.0 Å². The minimum atomic E-state index is -2.33. The van der Waals surface area contributed by atoms with Crippen LogP contribution in [0.2, 0.25) is 0 Å². The van der Waals surface area contributed by atoms with Crippen molar-refractivity contribution in [2.45, 2.75) is 92.9 Å². The molecule has 3 aromatic carbocycles. The zero-order chi connectivity index (χ0) is 39.0. The number of hydrogen-bond acceptors (Lipinski definition) is 11. The van der Waals surface area contributed by atoms with Crippen LogP contribution in [0.4, 0.5) is 0 Å². The van der Waals surface area contributed by atoms with Gasteiger partial charge in [-0.25, -0.2) is 0 Å². The molecule has 3 aromatic rings. The van der Waals surface area contributed by atoms with Crippen LogP contribution in [-0.2, 0) is 43.5 Å². The average Bonchev–Trinajstić information content (AvgIpc) is 3.21. The fraction of sp³-hybridized carbons (Fsp3) is 0.444. The zero-order valence-corrected chi connectivity index (χ0v) is 29.3. The second kappa shape index (κ2) is 20.0. The predicted octanol–water partition coefficient (Wildman–Crippen LogP) is 6.33. The van der Waals surface area contributed by atoms with Gasteiger partial charge in [-0.05, 0) is 38.8 Å². The lowest BCUT2D eigenvalue weighted by Gasteiger charge is -2.53. The van der Waals surface area contributed by atoms with Crippen LogP contribution in [0, 0.1) is 12.3 Å². The molecule has 2 fully saturated rings. The molecule has 0 amide bonds. The second-order valence-corrected chi connectivity index (χ2v) is 12.7. The Labute approximate surface area is 315 Å². The summed E-state index contributed by atoms with van der Waals surface area (Å²) in [5.41, 5.74) is 38.2. The Bertz CT molecular complexity index is 1930. The van der Waals surface area contributed by atoms with Gasteiger partial charge in [0.25, 0.3) is 0 Å². The Morgan fingerprint density at radius 3 is 1.64 bits per heavy atom. The van der Waals surface area contributed by atoms with E-state index in [1.54, 1.807) is 30.3 Å². The first-order valence-corrected chi connectivity index (χ1v) is 17.1. The topological polar surface area (TPSA) is 282 Å². The van der Waals surface area contributed by atoms with Gasteiger partial charge in [0.05, 0.1) is 50.7 Å². The number of azide groups is 4. The first-order valence-electron chi connectivity index (χ1n) is 17.1. The molecule has 0 aromatic heterocycles. The van der Waals surface area contributed by atoms with Crippen molar-refractivity contribution >= 4 is 0 Å². The molecule has 55 heavy (non-hydrogen) atoms. The Balaban J connectivity index is 1.58. The minimum absolute atomic E-state index is 0.0167. The van der Waals surface area contributed by atoms with Gasteiger partial charge < -0.3 is 33.9 Å². The second-order valence-electron chi connectivity index (χ2n) is 12.7. The lowest BCUT2D eigenvalue weighted by Crippen LogP contribution is -2.72. The summed E-state index contributed by atoms with van der Waals surface area (Å²) < 4.78 is 31.8. The maximum atomic E-state index is 12.6. The maximum absolute atomic E-state index is 12.6. The lowest BCUT2D eigenvalue weighted by atomic mass is 9.71. The monoisotopic (exact) mass is 750 g/mol. The number of rotatable bonds is 17. The number of nitrogens with zero attached hydrogens (tertiary/aromatic N) is 12. The highest BCUT2D eigenvalue weighted by atomic mass is 16.7. The number of ether oxygens (including phenoxy) is 5. The quantitative estimate of drug-likeness (QED) is 0.0683. The molecule has 1 saturated carbocycles. The van der Waals surface area contributed by atoms with Gasteiger partial charge in [-0.15, -0.1) is 12.3 Å². The molecule has 0 unspecified atom stereocenters. The zero-order valence-electron chi connectivity index (χ0n) is 29.3. The van der Waals surface area contributed by atoms with Gasteiger partial charge >= 0.3 is 0 Å². The Morgan fingerprint density at radius 2 is 1.15 bits per heavy atom. The van der Waals surface area contributed by atoms with E-state index in [4.69, 9.17) is 30.1 Å². The van der Waals surface area contributed by atoms with E-state index in [-0.39, 0.29) is 26.4 Å². The van der Waals surface area contributed by atoms with Crippen LogP contribution in [0.3, 0.4) is 0 Å². The third-order valence-electron chi connectivity index (χ3n) is 9.31. The number of hydrogen-bond donors (Lipinski definition) is 2. The number of benzene rings is 3. The summed E-state index contributed by atoms with van der Waals surface area (Å²) in [6, 6.07) is 22.7. The van der Waals surface area contributed by atoms with Gasteiger partial charge in [-0.3, -0.25) is 0 Å². The molecule has 2 N–H and O–H groups in total. The van der Waals surface area contributed by atoms with Crippen LogP contribution < -0.4 is 0 Å². The molecule has 19 heteroatoms. The van der Waals surface area contributed by atoms with E-state index in [1.165, 1.54) is 0 Å². The van der Waals surface area contributed by atoms with Gasteiger partial charge in [0.15, 0.2) is 6.29 Å². The standard InChI is InChI=1S/C36H38N12O7/c1-2-18-36(50)33(53-22-25-16-10-5-11-17-25)27(42-46-38)30(49)28(43-47-39)34(36)55-35-29(44-48-40)32(52-21-24-14-8-4-9-15-24)31(26(54-35)19-41-45-37)51-20-23-12-6-3-7-13-23/h1,3-17,26-35,49-50H,18-22H2/t26-,27-,28+,29-,30-,31-,32-,33+,34-,35+,36-/m1/s1. The number of aliphatic hydroxyl groups is 2. The van der Waals surface area contributed by atoms with Crippen LogP contribution in [0.25, 0.3) is 41.8 Å². The Kier molecular flexibility index (Phi) is 14.7. The van der Waals surface area contributed by atoms with Crippen LogP contribution in [0.5, 0.6) is 0 Å². The Morgan fingerprint density at radius 1 is 0.673 bits per heavy atom. The largest absolute Gasteiger partial charge is 0.392 e. The summed E-state index contributed by atoms with van der Waals surface area (Å²) in [5, 5.41) is 39.4. The van der Waals surface area contributed by atoms with Gasteiger partial charge in [0.1, 0.15) is 36.1 Å². The summed E-state index contributed by atoms with van der Waals surface area (Å²) in [7, 11) is 0. The molecule has 1 aliphatic heterocycles. The average molecular weight is 751 g/mol. The fourth-order valence-corrected chi connectivity index (χ4v) is 6.78. The minimum Gasteiger partial charge on any atom is -0.392 e. The molecule has 0 bridgehead atoms. The predicted molar refractivity (Wildman–Crippen MR) is 196 cm³/mol. The fourth-order valence-electron chi connectivity index (χ4n) is 6.78. The number of aliphatic hydroxyl groups excluding tert-OH is 1. The molecule has 2 aliphatic rings. The van der Waals surface area contributed by atoms with Crippen molar-refractivity contribution in [3.05, 3.63) is 149 Å². The lowest BCUT2D eigenvalue weighted by molar-refractivity contribution is -0.321. The maximum Gasteiger partial charge on any atom is 0.169 e. The highest BCUT2D eigenvalue weighted by Gasteiger charge is 2.61. The third kappa shape index (κ3) is 9.84. The molecule has 284 valence electrons. The van der Waals surface area contributed by atoms with E-state index < -0.39 is 73.1 Å². The summed E-state index contributed by atoms with van der Waals surface area (Å²) in [6.45, 7) is -0.332. The molecule has 11 atom stereocenters. The van der Waals surface area contributed by atoms with E-state index in [9.17, 15) is 32.3 Å². The van der Waals surface area contributed by atoms with Gasteiger partial charge in [0, 0.05) is 26.1 Å². The molecular weight excluding hydrogens is 712 g/mol. The first kappa shape index (κ1) is 40.4. The summed E-state index contributed by atoms with van der Waals surface area (Å²) >= 11 is 0. The molecule has 1 aliphatic carbocycles. The van der Waals surface area contributed by atoms with E-state index >= 15 is 0 Å². The van der Waals surface area contributed by atoms with Crippen molar-refractivity contribution in [2.24, 2.45) is 20.5 Å². The molecule has 0 spiro atoms. The van der Waals surface area contributed by atoms with E-state index in [0.717, 1.165) is 11.1 Å². The van der Waals surface area contributed by atoms with Gasteiger partial charge in [0.2, 0.25) is 0 Å². The molecule has 1 heterocycles.